The van der Waals surface area contributed by atoms with Crippen LogP contribution in [0, 0.1) is 0 Å². The minimum Gasteiger partial charge on any atom is -0.497 e. The standard InChI is InChI=1S/C27H31N7O4/c1-33(2)27(37)18-6-10-19(11-7-18)30-25-23(24(28)35)29-15-22(32-25)34-14-4-5-20(16-34)31-26(36)17-8-12-21(38-3)13-9-17/h6-13,15,20H,4-5,14,16H2,1-3H3,(H2,28,35)(H,30,32)(H,31,36). The van der Waals surface area contributed by atoms with Gasteiger partial charge in [0.1, 0.15) is 11.6 Å². The van der Waals surface area contributed by atoms with Crippen LogP contribution < -0.4 is 26.0 Å². The van der Waals surface area contributed by atoms with Crippen molar-refractivity contribution in [3.05, 3.63) is 71.5 Å². The molecule has 1 atom stereocenters. The molecule has 0 bridgehead atoms. The minimum absolute atomic E-state index is 0.00330. The van der Waals surface area contributed by atoms with E-state index >= 15 is 0 Å². The Bertz CT molecular complexity index is 1310. The Balaban J connectivity index is 1.48. The van der Waals surface area contributed by atoms with E-state index in [1.54, 1.807) is 69.7 Å². The molecule has 4 N–H and O–H groups in total. The van der Waals surface area contributed by atoms with Crippen LogP contribution in [-0.4, -0.2) is 72.9 Å². The van der Waals surface area contributed by atoms with Crippen LogP contribution in [0.4, 0.5) is 17.3 Å². The first-order chi connectivity index (χ1) is 18.2. The monoisotopic (exact) mass is 517 g/mol. The Hall–Kier alpha value is -4.67. The number of benzene rings is 2. The number of anilines is 3. The van der Waals surface area contributed by atoms with Gasteiger partial charge in [0, 0.05) is 50.0 Å². The quantitative estimate of drug-likeness (QED) is 0.414. The fraction of sp³-hybridized carbons (Fsp3) is 0.296. The van der Waals surface area contributed by atoms with Gasteiger partial charge in [0.15, 0.2) is 11.5 Å². The highest BCUT2D eigenvalue weighted by Gasteiger charge is 2.24. The van der Waals surface area contributed by atoms with Crippen molar-refractivity contribution >= 4 is 35.0 Å². The van der Waals surface area contributed by atoms with Crippen molar-refractivity contribution in [2.75, 3.05) is 44.5 Å². The molecule has 0 aliphatic carbocycles. The summed E-state index contributed by atoms with van der Waals surface area (Å²) in [5.41, 5.74) is 7.26. The predicted octanol–water partition coefficient (Wildman–Crippen LogP) is 2.43. The number of piperidine rings is 1. The average molecular weight is 518 g/mol. The summed E-state index contributed by atoms with van der Waals surface area (Å²) < 4.78 is 5.15. The third-order valence-electron chi connectivity index (χ3n) is 6.23. The molecule has 11 nitrogen and oxygen atoms in total. The van der Waals surface area contributed by atoms with Gasteiger partial charge in [-0.05, 0) is 61.4 Å². The number of hydrogen-bond acceptors (Lipinski definition) is 8. The molecular weight excluding hydrogens is 486 g/mol. The molecule has 11 heteroatoms. The number of nitrogens with zero attached hydrogens (tertiary/aromatic N) is 4. The molecule has 38 heavy (non-hydrogen) atoms. The van der Waals surface area contributed by atoms with Crippen LogP contribution in [-0.2, 0) is 0 Å². The number of rotatable bonds is 8. The Labute approximate surface area is 221 Å². The summed E-state index contributed by atoms with van der Waals surface area (Å²) in [5, 5.41) is 6.19. The lowest BCUT2D eigenvalue weighted by molar-refractivity contribution is 0.0827. The van der Waals surface area contributed by atoms with Crippen LogP contribution in [0.1, 0.15) is 44.0 Å². The van der Waals surface area contributed by atoms with E-state index in [0.29, 0.717) is 34.9 Å². The Morgan fingerprint density at radius 1 is 1.05 bits per heavy atom. The van der Waals surface area contributed by atoms with Crippen LogP contribution >= 0.6 is 0 Å². The van der Waals surface area contributed by atoms with Gasteiger partial charge in [-0.1, -0.05) is 0 Å². The summed E-state index contributed by atoms with van der Waals surface area (Å²) in [6.07, 6.45) is 3.18. The van der Waals surface area contributed by atoms with E-state index in [2.05, 4.69) is 20.6 Å². The van der Waals surface area contributed by atoms with Crippen molar-refractivity contribution in [3.63, 3.8) is 0 Å². The van der Waals surface area contributed by atoms with Gasteiger partial charge in [0.2, 0.25) is 0 Å². The first-order valence-corrected chi connectivity index (χ1v) is 12.2. The molecule has 1 unspecified atom stereocenters. The second-order valence-electron chi connectivity index (χ2n) is 9.18. The van der Waals surface area contributed by atoms with Gasteiger partial charge >= 0.3 is 0 Å². The van der Waals surface area contributed by atoms with Crippen LogP contribution in [0.3, 0.4) is 0 Å². The average Bonchev–Trinajstić information content (AvgIpc) is 2.93. The summed E-state index contributed by atoms with van der Waals surface area (Å²) in [4.78, 5) is 49.4. The maximum absolute atomic E-state index is 12.8. The molecule has 3 amide bonds. The molecular formula is C27H31N7O4. The zero-order valence-electron chi connectivity index (χ0n) is 21.6. The van der Waals surface area contributed by atoms with Gasteiger partial charge in [0.25, 0.3) is 17.7 Å². The number of amides is 3. The molecule has 0 saturated carbocycles. The summed E-state index contributed by atoms with van der Waals surface area (Å²) in [6, 6.07) is 13.7. The van der Waals surface area contributed by atoms with Crippen molar-refractivity contribution in [3.8, 4) is 5.75 Å². The Kier molecular flexibility index (Phi) is 8.05. The van der Waals surface area contributed by atoms with E-state index in [-0.39, 0.29) is 29.4 Å². The largest absolute Gasteiger partial charge is 0.497 e. The molecule has 198 valence electrons. The summed E-state index contributed by atoms with van der Waals surface area (Å²) >= 11 is 0. The van der Waals surface area contributed by atoms with E-state index < -0.39 is 5.91 Å². The summed E-state index contributed by atoms with van der Waals surface area (Å²) in [6.45, 7) is 1.26. The van der Waals surface area contributed by atoms with Crippen molar-refractivity contribution in [2.24, 2.45) is 5.73 Å². The number of ether oxygens (including phenoxy) is 1. The van der Waals surface area contributed by atoms with E-state index in [4.69, 9.17) is 10.5 Å². The van der Waals surface area contributed by atoms with Gasteiger partial charge in [-0.3, -0.25) is 14.4 Å². The highest BCUT2D eigenvalue weighted by Crippen LogP contribution is 2.24. The lowest BCUT2D eigenvalue weighted by Crippen LogP contribution is -2.48. The maximum Gasteiger partial charge on any atom is 0.271 e. The van der Waals surface area contributed by atoms with Crippen molar-refractivity contribution in [1.82, 2.24) is 20.2 Å². The highest BCUT2D eigenvalue weighted by molar-refractivity contribution is 5.97. The van der Waals surface area contributed by atoms with Gasteiger partial charge in [0.05, 0.1) is 13.3 Å². The smallest absolute Gasteiger partial charge is 0.271 e. The third kappa shape index (κ3) is 6.17. The topological polar surface area (TPSA) is 143 Å². The minimum atomic E-state index is -0.714. The molecule has 1 aliphatic rings. The number of nitrogens with one attached hydrogen (secondary N) is 2. The number of hydrogen-bond donors (Lipinski definition) is 3. The van der Waals surface area contributed by atoms with Crippen molar-refractivity contribution in [2.45, 2.75) is 18.9 Å². The normalized spacial score (nSPS) is 14.9. The van der Waals surface area contributed by atoms with Gasteiger partial charge in [-0.15, -0.1) is 0 Å². The van der Waals surface area contributed by atoms with Crippen molar-refractivity contribution in [1.29, 1.82) is 0 Å². The Morgan fingerprint density at radius 3 is 2.37 bits per heavy atom. The number of carbonyl (C=O) groups excluding carboxylic acids is 3. The number of aromatic nitrogens is 2. The van der Waals surface area contributed by atoms with Gasteiger partial charge in [-0.25, -0.2) is 9.97 Å². The second kappa shape index (κ2) is 11.6. The number of nitrogens with two attached hydrogens (primary N) is 1. The van der Waals surface area contributed by atoms with Crippen LogP contribution in [0.2, 0.25) is 0 Å². The molecule has 4 rings (SSSR count). The predicted molar refractivity (Wildman–Crippen MR) is 144 cm³/mol. The highest BCUT2D eigenvalue weighted by atomic mass is 16.5. The second-order valence-corrected chi connectivity index (χ2v) is 9.18. The fourth-order valence-corrected chi connectivity index (χ4v) is 4.20. The summed E-state index contributed by atoms with van der Waals surface area (Å²) in [7, 11) is 4.95. The van der Waals surface area contributed by atoms with E-state index in [0.717, 1.165) is 19.4 Å². The molecule has 1 saturated heterocycles. The van der Waals surface area contributed by atoms with Crippen LogP contribution in [0.25, 0.3) is 0 Å². The van der Waals surface area contributed by atoms with E-state index in [9.17, 15) is 14.4 Å². The number of primary amides is 1. The molecule has 1 fully saturated rings. The van der Waals surface area contributed by atoms with Crippen LogP contribution in [0.15, 0.2) is 54.7 Å². The first-order valence-electron chi connectivity index (χ1n) is 12.2. The lowest BCUT2D eigenvalue weighted by Gasteiger charge is -2.34. The number of carbonyl (C=O) groups is 3. The zero-order valence-corrected chi connectivity index (χ0v) is 21.6. The lowest BCUT2D eigenvalue weighted by atomic mass is 10.0. The molecule has 3 aromatic rings. The van der Waals surface area contributed by atoms with Crippen molar-refractivity contribution < 1.29 is 19.1 Å². The van der Waals surface area contributed by atoms with E-state index in [1.807, 2.05) is 4.90 Å². The molecule has 0 spiro atoms. The van der Waals surface area contributed by atoms with E-state index in [1.165, 1.54) is 11.1 Å². The molecule has 1 aromatic heterocycles. The molecule has 0 radical (unpaired) electrons. The van der Waals surface area contributed by atoms with Gasteiger partial charge in [-0.2, -0.15) is 0 Å². The third-order valence-corrected chi connectivity index (χ3v) is 6.23. The molecule has 1 aliphatic heterocycles. The fourth-order valence-electron chi connectivity index (χ4n) is 4.20. The number of methoxy groups -OCH3 is 1. The van der Waals surface area contributed by atoms with Crippen LogP contribution in [0.5, 0.6) is 5.75 Å². The van der Waals surface area contributed by atoms with Gasteiger partial charge < -0.3 is 30.9 Å². The molecule has 2 aromatic carbocycles. The zero-order chi connectivity index (χ0) is 27.2. The summed E-state index contributed by atoms with van der Waals surface area (Å²) in [5.74, 6) is 0.467. The Morgan fingerprint density at radius 2 is 1.74 bits per heavy atom. The first kappa shape index (κ1) is 26.4. The molecule has 2 heterocycles. The SMILES string of the molecule is COc1ccc(C(=O)NC2CCCN(c3cnc(C(N)=O)c(Nc4ccc(C(=O)N(C)C)cc4)n3)C2)cc1. The maximum atomic E-state index is 12.8.